The summed E-state index contributed by atoms with van der Waals surface area (Å²) in [5.41, 5.74) is 13.5. The Morgan fingerprint density at radius 1 is 0.447 bits per heavy atom. The molecule has 5 aromatic carbocycles. The second-order valence-electron chi connectivity index (χ2n) is 9.58. The van der Waals surface area contributed by atoms with E-state index in [4.69, 9.17) is 0 Å². The van der Waals surface area contributed by atoms with Crippen molar-refractivity contribution in [2.75, 3.05) is 0 Å². The van der Waals surface area contributed by atoms with E-state index in [1.165, 1.54) is 49.7 Å². The van der Waals surface area contributed by atoms with Crippen molar-refractivity contribution >= 4 is 10.8 Å². The summed E-state index contributed by atoms with van der Waals surface area (Å²) in [5, 5.41) is 2.99. The number of aryl methyl sites for hydroxylation is 4. The molecule has 0 spiro atoms. The third-order valence-electron chi connectivity index (χ3n) is 7.09. The molecule has 0 aliphatic heterocycles. The van der Waals surface area contributed by atoms with E-state index in [1.807, 2.05) is 91.0 Å². The fraction of sp³-hybridized carbons (Fsp3) is 0.189. The maximum absolute atomic E-state index is 3.72. The van der Waals surface area contributed by atoms with Crippen LogP contribution in [0.1, 0.15) is 55.6 Å². The maximum Gasteiger partial charge on any atom is 4.00 e. The first-order valence-corrected chi connectivity index (χ1v) is 12.8. The molecule has 0 heterocycles. The fourth-order valence-electron chi connectivity index (χ4n) is 4.34. The van der Waals surface area contributed by atoms with Crippen molar-refractivity contribution in [2.24, 2.45) is 0 Å². The molecular weight excluding hydrogens is 492 g/mol. The number of hydrogen-bond donors (Lipinski definition) is 0. The molecule has 0 aromatic heterocycles. The van der Waals surface area contributed by atoms with E-state index in [1.54, 1.807) is 0 Å². The Bertz CT molecular complexity index is 1240. The van der Waals surface area contributed by atoms with Crippen LogP contribution in [0.2, 0.25) is 0 Å². The summed E-state index contributed by atoms with van der Waals surface area (Å²) in [6.07, 6.45) is 0. The summed E-state index contributed by atoms with van der Waals surface area (Å²) in [6.45, 7) is 26.9. The van der Waals surface area contributed by atoms with Gasteiger partial charge in [-0.1, -0.05) is 62.6 Å². The van der Waals surface area contributed by atoms with Crippen molar-refractivity contribution in [3.8, 4) is 0 Å². The summed E-state index contributed by atoms with van der Waals surface area (Å²) in [4.78, 5) is 0. The molecule has 194 valence electrons. The maximum atomic E-state index is 3.72. The normalized spacial score (nSPS) is 9.55. The quantitative estimate of drug-likeness (QED) is 0.137. The molecule has 0 atom stereocenters. The van der Waals surface area contributed by atoms with E-state index < -0.39 is 0 Å². The van der Waals surface area contributed by atoms with E-state index in [2.05, 4.69) is 69.2 Å². The van der Waals surface area contributed by atoms with E-state index in [0.717, 1.165) is 16.7 Å². The predicted octanol–water partition coefficient (Wildman–Crippen LogP) is 10.3. The smallest absolute Gasteiger partial charge is 0.199 e. The Hall–Kier alpha value is -3.19. The van der Waals surface area contributed by atoms with Crippen LogP contribution in [-0.4, -0.2) is 0 Å². The average Bonchev–Trinajstić information content (AvgIpc) is 3.13. The molecule has 0 aliphatic rings. The molecule has 0 aliphatic carbocycles. The van der Waals surface area contributed by atoms with E-state index in [9.17, 15) is 0 Å². The summed E-state index contributed by atoms with van der Waals surface area (Å²) in [7, 11) is 0. The van der Waals surface area contributed by atoms with Gasteiger partial charge in [0.05, 0.1) is 0 Å². The molecule has 0 saturated heterocycles. The van der Waals surface area contributed by atoms with Gasteiger partial charge in [-0.05, 0) is 20.8 Å². The van der Waals surface area contributed by atoms with Crippen molar-refractivity contribution in [1.82, 2.24) is 0 Å². The molecule has 0 radical (unpaired) electrons. The number of fused-ring (bicyclic) bond motifs is 1. The van der Waals surface area contributed by atoms with Crippen LogP contribution in [0, 0.1) is 69.2 Å². The largest absolute Gasteiger partial charge is 4.00 e. The van der Waals surface area contributed by atoms with Gasteiger partial charge in [0.1, 0.15) is 0 Å². The summed E-state index contributed by atoms with van der Waals surface area (Å²) < 4.78 is 0. The molecule has 5 aromatic rings. The van der Waals surface area contributed by atoms with Crippen LogP contribution in [0.5, 0.6) is 0 Å². The van der Waals surface area contributed by atoms with Crippen LogP contribution in [0.25, 0.3) is 10.8 Å². The fourth-order valence-corrected chi connectivity index (χ4v) is 4.34. The van der Waals surface area contributed by atoms with Crippen LogP contribution in [0.3, 0.4) is 0 Å². The van der Waals surface area contributed by atoms with Crippen LogP contribution in [0.15, 0.2) is 91.0 Å². The van der Waals surface area contributed by atoms with Gasteiger partial charge in [0.15, 0.2) is 0 Å². The van der Waals surface area contributed by atoms with Crippen LogP contribution < -0.4 is 0 Å². The zero-order valence-corrected chi connectivity index (χ0v) is 25.8. The topological polar surface area (TPSA) is 0 Å². The van der Waals surface area contributed by atoms with E-state index in [-0.39, 0.29) is 21.7 Å². The first kappa shape index (κ1) is 32.8. The summed E-state index contributed by atoms with van der Waals surface area (Å²) in [6, 6.07) is 29.6. The molecule has 0 amide bonds. The molecule has 0 saturated carbocycles. The Balaban J connectivity index is 0.000000276. The molecular formula is C37H42Ti. The Morgan fingerprint density at radius 3 is 1.05 bits per heavy atom. The Kier molecular flexibility index (Phi) is 13.8. The van der Waals surface area contributed by atoms with Crippen LogP contribution in [-0.2, 0) is 21.7 Å². The molecule has 0 fully saturated rings. The Labute approximate surface area is 247 Å². The number of rotatable bonds is 0. The second-order valence-corrected chi connectivity index (χ2v) is 9.58. The van der Waals surface area contributed by atoms with Gasteiger partial charge in [-0.15, -0.1) is 63.9 Å². The second kappa shape index (κ2) is 15.9. The number of hydrogen-bond acceptors (Lipinski definition) is 0. The third-order valence-corrected chi connectivity index (χ3v) is 7.09. The van der Waals surface area contributed by atoms with Crippen LogP contribution >= 0.6 is 0 Å². The molecule has 0 bridgehead atoms. The van der Waals surface area contributed by atoms with Crippen LogP contribution in [0.4, 0.5) is 0 Å². The molecule has 0 unspecified atom stereocenters. The molecule has 0 nitrogen and oxygen atoms in total. The van der Waals surface area contributed by atoms with Gasteiger partial charge in [0, 0.05) is 0 Å². The zero-order valence-electron chi connectivity index (χ0n) is 24.3. The minimum absolute atomic E-state index is 0. The van der Waals surface area contributed by atoms with Gasteiger partial charge < -0.3 is 0 Å². The predicted molar refractivity (Wildman–Crippen MR) is 165 cm³/mol. The van der Waals surface area contributed by atoms with Gasteiger partial charge >= 0.3 is 21.7 Å². The zero-order chi connectivity index (χ0) is 27.5. The minimum Gasteiger partial charge on any atom is -0.199 e. The SMILES string of the molecule is Cc1c(C)c(C)c2c(c1C)c(C)c(C)[c-]2C.[CH2-]c1ccccc1.[CH2-]c1ccccc1.[CH2-]c1ccccc1.[Ti+4]. The van der Waals surface area contributed by atoms with E-state index in [0.29, 0.717) is 0 Å². The van der Waals surface area contributed by atoms with Crippen molar-refractivity contribution in [2.45, 2.75) is 48.5 Å². The van der Waals surface area contributed by atoms with Gasteiger partial charge in [0.2, 0.25) is 0 Å². The van der Waals surface area contributed by atoms with Crippen molar-refractivity contribution in [1.29, 1.82) is 0 Å². The van der Waals surface area contributed by atoms with Crippen molar-refractivity contribution in [3.05, 3.63) is 167 Å². The van der Waals surface area contributed by atoms with Gasteiger partial charge in [0.25, 0.3) is 0 Å². The molecule has 1 heteroatoms. The molecule has 38 heavy (non-hydrogen) atoms. The van der Waals surface area contributed by atoms with Gasteiger partial charge in [-0.25, -0.2) is 0 Å². The summed E-state index contributed by atoms with van der Waals surface area (Å²) in [5.74, 6) is 0. The number of benzene rings is 4. The first-order chi connectivity index (χ1) is 17.6. The van der Waals surface area contributed by atoms with Crippen molar-refractivity contribution in [3.63, 3.8) is 0 Å². The Morgan fingerprint density at radius 2 is 0.763 bits per heavy atom. The summed E-state index contributed by atoms with van der Waals surface area (Å²) >= 11 is 0. The third kappa shape index (κ3) is 8.98. The van der Waals surface area contributed by atoms with E-state index >= 15 is 0 Å². The molecule has 5 rings (SSSR count). The van der Waals surface area contributed by atoms with Gasteiger partial charge in [-0.3, -0.25) is 0 Å². The first-order valence-electron chi connectivity index (χ1n) is 12.8. The minimum atomic E-state index is 0. The van der Waals surface area contributed by atoms with Crippen molar-refractivity contribution < 1.29 is 21.7 Å². The standard InChI is InChI=1S/C16H21.3C7H7.Ti/c1-8-9(2)12(5)16-14(7)10(3)13(6)15(16)11(8)4;3*1-7-5-3-2-4-6-7;/h1-7H3;3*2-6H,1H2;/q4*-1;+4. The van der Waals surface area contributed by atoms with Gasteiger partial charge in [-0.2, -0.15) is 79.4 Å². The molecule has 0 N–H and O–H groups in total. The monoisotopic (exact) mass is 534 g/mol. The average molecular weight is 535 g/mol.